The molecule has 3 heteroatoms. The Kier molecular flexibility index (Phi) is 4.81. The summed E-state index contributed by atoms with van der Waals surface area (Å²) >= 11 is 0. The summed E-state index contributed by atoms with van der Waals surface area (Å²) in [5.41, 5.74) is 1.77. The van der Waals surface area contributed by atoms with Crippen molar-refractivity contribution in [3.63, 3.8) is 0 Å². The maximum absolute atomic E-state index is 13.4. The summed E-state index contributed by atoms with van der Waals surface area (Å²) in [7, 11) is 0. The van der Waals surface area contributed by atoms with Crippen LogP contribution in [-0.2, 0) is 22.4 Å². The zero-order valence-corrected chi connectivity index (χ0v) is 8.83. The summed E-state index contributed by atoms with van der Waals surface area (Å²) in [6.45, 7) is 2.77. The van der Waals surface area contributed by atoms with Crippen LogP contribution < -0.4 is 0 Å². The summed E-state index contributed by atoms with van der Waals surface area (Å²) in [5, 5.41) is 0. The fourth-order valence-corrected chi connectivity index (χ4v) is 1.59. The number of ether oxygens (including phenoxy) is 1. The van der Waals surface area contributed by atoms with Crippen molar-refractivity contribution in [2.24, 2.45) is 0 Å². The molecule has 0 aliphatic heterocycles. The summed E-state index contributed by atoms with van der Waals surface area (Å²) in [6, 6.07) is 5.12. The predicted molar refractivity (Wildman–Crippen MR) is 56.1 cm³/mol. The van der Waals surface area contributed by atoms with Crippen molar-refractivity contribution in [3.8, 4) is 0 Å². The van der Waals surface area contributed by atoms with Crippen LogP contribution in [-0.4, -0.2) is 13.1 Å². The molecule has 1 aromatic rings. The molecule has 0 aliphatic rings. The van der Waals surface area contributed by atoms with Crippen LogP contribution in [0.3, 0.4) is 0 Å². The lowest BCUT2D eigenvalue weighted by atomic mass is 10.0. The molecule has 0 spiro atoms. The van der Waals surface area contributed by atoms with Gasteiger partial charge in [-0.1, -0.05) is 19.1 Å². The Morgan fingerprint density at radius 3 is 2.93 bits per heavy atom. The van der Waals surface area contributed by atoms with Crippen molar-refractivity contribution in [1.82, 2.24) is 0 Å². The van der Waals surface area contributed by atoms with E-state index in [0.29, 0.717) is 25.9 Å². The topological polar surface area (TPSA) is 26.3 Å². The van der Waals surface area contributed by atoms with E-state index in [-0.39, 0.29) is 5.82 Å². The first kappa shape index (κ1) is 11.7. The van der Waals surface area contributed by atoms with Crippen LogP contribution in [0.4, 0.5) is 4.39 Å². The SMILES string of the molecule is CCc1cccc(F)c1CCCOC=O. The Hall–Kier alpha value is -1.38. The Morgan fingerprint density at radius 2 is 2.27 bits per heavy atom. The van der Waals surface area contributed by atoms with Gasteiger partial charge in [-0.05, 0) is 36.5 Å². The monoisotopic (exact) mass is 210 g/mol. The Morgan fingerprint density at radius 1 is 1.47 bits per heavy atom. The lowest BCUT2D eigenvalue weighted by Crippen LogP contribution is -2.00. The van der Waals surface area contributed by atoms with E-state index in [2.05, 4.69) is 4.74 Å². The van der Waals surface area contributed by atoms with Gasteiger partial charge < -0.3 is 4.74 Å². The highest BCUT2D eigenvalue weighted by molar-refractivity contribution is 5.36. The molecular weight excluding hydrogens is 195 g/mol. The third-order valence-corrected chi connectivity index (χ3v) is 2.35. The zero-order valence-electron chi connectivity index (χ0n) is 8.83. The van der Waals surface area contributed by atoms with Crippen LogP contribution >= 0.6 is 0 Å². The molecule has 1 rings (SSSR count). The van der Waals surface area contributed by atoms with Gasteiger partial charge in [-0.15, -0.1) is 0 Å². The van der Waals surface area contributed by atoms with Crippen LogP contribution in [0.15, 0.2) is 18.2 Å². The predicted octanol–water partition coefficient (Wildman–Crippen LogP) is 2.49. The summed E-state index contributed by atoms with van der Waals surface area (Å²) in [6.07, 6.45) is 2.10. The first-order valence-electron chi connectivity index (χ1n) is 5.11. The number of aryl methyl sites for hydroxylation is 1. The van der Waals surface area contributed by atoms with Gasteiger partial charge in [-0.25, -0.2) is 4.39 Å². The Labute approximate surface area is 89.1 Å². The fourth-order valence-electron chi connectivity index (χ4n) is 1.59. The quantitative estimate of drug-likeness (QED) is 0.532. The first-order valence-corrected chi connectivity index (χ1v) is 5.11. The Bertz CT molecular complexity index is 323. The van der Waals surface area contributed by atoms with Crippen LogP contribution in [0.1, 0.15) is 24.5 Å². The second kappa shape index (κ2) is 6.17. The van der Waals surface area contributed by atoms with Crippen molar-refractivity contribution in [1.29, 1.82) is 0 Å². The van der Waals surface area contributed by atoms with Gasteiger partial charge in [0.15, 0.2) is 0 Å². The molecule has 0 aliphatic carbocycles. The van der Waals surface area contributed by atoms with E-state index >= 15 is 0 Å². The number of hydrogen-bond acceptors (Lipinski definition) is 2. The molecule has 0 fully saturated rings. The highest BCUT2D eigenvalue weighted by Crippen LogP contribution is 2.16. The molecule has 0 saturated carbocycles. The highest BCUT2D eigenvalue weighted by Gasteiger charge is 2.06. The van der Waals surface area contributed by atoms with Gasteiger partial charge in [0.25, 0.3) is 6.47 Å². The molecule has 1 aromatic carbocycles. The molecule has 0 saturated heterocycles. The zero-order chi connectivity index (χ0) is 11.1. The van der Waals surface area contributed by atoms with Crippen molar-refractivity contribution >= 4 is 6.47 Å². The van der Waals surface area contributed by atoms with Gasteiger partial charge in [0.05, 0.1) is 6.61 Å². The maximum Gasteiger partial charge on any atom is 0.293 e. The van der Waals surface area contributed by atoms with E-state index in [0.717, 1.165) is 17.5 Å². The van der Waals surface area contributed by atoms with E-state index in [1.54, 1.807) is 6.07 Å². The third kappa shape index (κ3) is 3.35. The Balaban J connectivity index is 2.61. The first-order chi connectivity index (χ1) is 7.29. The van der Waals surface area contributed by atoms with E-state index in [4.69, 9.17) is 0 Å². The number of rotatable bonds is 6. The van der Waals surface area contributed by atoms with Crippen molar-refractivity contribution in [2.75, 3.05) is 6.61 Å². The smallest absolute Gasteiger partial charge is 0.293 e. The van der Waals surface area contributed by atoms with Crippen molar-refractivity contribution in [2.45, 2.75) is 26.2 Å². The number of hydrogen-bond donors (Lipinski definition) is 0. The third-order valence-electron chi connectivity index (χ3n) is 2.35. The van der Waals surface area contributed by atoms with E-state index in [9.17, 15) is 9.18 Å². The molecular formula is C12H15FO2. The van der Waals surface area contributed by atoms with Gasteiger partial charge in [0.2, 0.25) is 0 Å². The van der Waals surface area contributed by atoms with Crippen LogP contribution in [0, 0.1) is 5.82 Å². The van der Waals surface area contributed by atoms with Crippen LogP contribution in [0.2, 0.25) is 0 Å². The highest BCUT2D eigenvalue weighted by atomic mass is 19.1. The minimum atomic E-state index is -0.166. The number of carbonyl (C=O) groups is 1. The fraction of sp³-hybridized carbons (Fsp3) is 0.417. The molecule has 0 unspecified atom stereocenters. The summed E-state index contributed by atoms with van der Waals surface area (Å²) in [5.74, 6) is -0.166. The van der Waals surface area contributed by atoms with Gasteiger partial charge in [0, 0.05) is 0 Å². The van der Waals surface area contributed by atoms with Gasteiger partial charge in [-0.3, -0.25) is 4.79 Å². The molecule has 82 valence electrons. The van der Waals surface area contributed by atoms with E-state index < -0.39 is 0 Å². The lowest BCUT2D eigenvalue weighted by molar-refractivity contribution is -0.128. The van der Waals surface area contributed by atoms with Gasteiger partial charge >= 0.3 is 0 Å². The van der Waals surface area contributed by atoms with E-state index in [1.807, 2.05) is 13.0 Å². The summed E-state index contributed by atoms with van der Waals surface area (Å²) < 4.78 is 18.0. The second-order valence-corrected chi connectivity index (χ2v) is 3.30. The minimum absolute atomic E-state index is 0.166. The molecule has 0 heterocycles. The average Bonchev–Trinajstić information content (AvgIpc) is 2.26. The molecule has 15 heavy (non-hydrogen) atoms. The van der Waals surface area contributed by atoms with Crippen LogP contribution in [0.25, 0.3) is 0 Å². The van der Waals surface area contributed by atoms with E-state index in [1.165, 1.54) is 6.07 Å². The number of benzene rings is 1. The number of carbonyl (C=O) groups excluding carboxylic acids is 1. The average molecular weight is 210 g/mol. The molecule has 0 atom stereocenters. The molecule has 2 nitrogen and oxygen atoms in total. The molecule has 0 amide bonds. The normalized spacial score (nSPS) is 10.0. The van der Waals surface area contributed by atoms with Crippen molar-refractivity contribution < 1.29 is 13.9 Å². The molecule has 0 aromatic heterocycles. The molecule has 0 bridgehead atoms. The van der Waals surface area contributed by atoms with Gasteiger partial charge in [0.1, 0.15) is 5.82 Å². The van der Waals surface area contributed by atoms with Crippen LogP contribution in [0.5, 0.6) is 0 Å². The minimum Gasteiger partial charge on any atom is -0.468 e. The van der Waals surface area contributed by atoms with Gasteiger partial charge in [-0.2, -0.15) is 0 Å². The largest absolute Gasteiger partial charge is 0.468 e. The number of halogens is 1. The lowest BCUT2D eigenvalue weighted by Gasteiger charge is -2.08. The molecule has 0 N–H and O–H groups in total. The molecule has 0 radical (unpaired) electrons. The second-order valence-electron chi connectivity index (χ2n) is 3.30. The summed E-state index contributed by atoms with van der Waals surface area (Å²) in [4.78, 5) is 9.91. The maximum atomic E-state index is 13.4. The standard InChI is InChI=1S/C12H15FO2/c1-2-10-5-3-7-12(13)11(10)6-4-8-15-9-14/h3,5,7,9H,2,4,6,8H2,1H3. The van der Waals surface area contributed by atoms with Crippen molar-refractivity contribution in [3.05, 3.63) is 35.1 Å².